The topological polar surface area (TPSA) is 15.8 Å². The standard InChI is InChI=1S/C10H6BrN/c1-2-7-6-12-9-5-3-4-8(11)10(7)9/h1,3-6,12H. The summed E-state index contributed by atoms with van der Waals surface area (Å²) in [5, 5.41) is 1.08. The smallest absolute Gasteiger partial charge is 0.0507 e. The molecule has 1 aromatic heterocycles. The van der Waals surface area contributed by atoms with E-state index in [9.17, 15) is 0 Å². The molecular formula is C10H6BrN. The Morgan fingerprint density at radius 2 is 2.25 bits per heavy atom. The molecule has 0 aliphatic rings. The first-order chi connectivity index (χ1) is 5.83. The number of halogens is 1. The first-order valence-electron chi connectivity index (χ1n) is 3.55. The van der Waals surface area contributed by atoms with Gasteiger partial charge in [-0.3, -0.25) is 0 Å². The highest BCUT2D eigenvalue weighted by molar-refractivity contribution is 9.10. The van der Waals surface area contributed by atoms with Crippen molar-refractivity contribution in [2.24, 2.45) is 0 Å². The number of aromatic amines is 1. The maximum Gasteiger partial charge on any atom is 0.0507 e. The Labute approximate surface area is 78.9 Å². The van der Waals surface area contributed by atoms with Gasteiger partial charge in [0.25, 0.3) is 0 Å². The van der Waals surface area contributed by atoms with Gasteiger partial charge in [0.1, 0.15) is 0 Å². The van der Waals surface area contributed by atoms with E-state index in [1.165, 1.54) is 0 Å². The van der Waals surface area contributed by atoms with Crippen LogP contribution in [0.4, 0.5) is 0 Å². The van der Waals surface area contributed by atoms with E-state index in [4.69, 9.17) is 6.42 Å². The van der Waals surface area contributed by atoms with Crippen LogP contribution in [0.1, 0.15) is 5.56 Å². The molecule has 0 amide bonds. The summed E-state index contributed by atoms with van der Waals surface area (Å²) in [6, 6.07) is 5.96. The molecule has 0 fully saturated rings. The molecule has 0 radical (unpaired) electrons. The molecule has 0 bridgehead atoms. The molecular weight excluding hydrogens is 214 g/mol. The van der Waals surface area contributed by atoms with Gasteiger partial charge < -0.3 is 4.98 Å². The van der Waals surface area contributed by atoms with Gasteiger partial charge in [-0.25, -0.2) is 0 Å². The molecule has 2 rings (SSSR count). The molecule has 0 saturated carbocycles. The molecule has 0 aliphatic heterocycles. The van der Waals surface area contributed by atoms with Crippen LogP contribution in [0.15, 0.2) is 28.9 Å². The second-order valence-electron chi connectivity index (χ2n) is 2.51. The van der Waals surface area contributed by atoms with Crippen LogP contribution in [0.2, 0.25) is 0 Å². The molecule has 0 aliphatic carbocycles. The summed E-state index contributed by atoms with van der Waals surface area (Å²) in [4.78, 5) is 3.11. The third-order valence-corrected chi connectivity index (χ3v) is 2.47. The van der Waals surface area contributed by atoms with Gasteiger partial charge in [0.15, 0.2) is 0 Å². The molecule has 0 unspecified atom stereocenters. The molecule has 12 heavy (non-hydrogen) atoms. The average molecular weight is 220 g/mol. The fourth-order valence-corrected chi connectivity index (χ4v) is 1.83. The van der Waals surface area contributed by atoms with Crippen LogP contribution in [-0.4, -0.2) is 4.98 Å². The van der Waals surface area contributed by atoms with Gasteiger partial charge in [0.05, 0.1) is 5.56 Å². The second kappa shape index (κ2) is 2.69. The van der Waals surface area contributed by atoms with E-state index >= 15 is 0 Å². The van der Waals surface area contributed by atoms with Crippen LogP contribution in [0.25, 0.3) is 10.9 Å². The molecule has 1 heterocycles. The molecule has 58 valence electrons. The lowest BCUT2D eigenvalue weighted by atomic mass is 10.2. The minimum Gasteiger partial charge on any atom is -0.360 e. The summed E-state index contributed by atoms with van der Waals surface area (Å²) in [7, 11) is 0. The van der Waals surface area contributed by atoms with Crippen LogP contribution in [0.3, 0.4) is 0 Å². The van der Waals surface area contributed by atoms with Gasteiger partial charge in [0.2, 0.25) is 0 Å². The van der Waals surface area contributed by atoms with Crippen LogP contribution in [0.5, 0.6) is 0 Å². The Hall–Kier alpha value is -1.20. The Bertz CT molecular complexity index is 462. The Morgan fingerprint density at radius 3 is 3.00 bits per heavy atom. The molecule has 1 nitrogen and oxygen atoms in total. The van der Waals surface area contributed by atoms with E-state index in [1.807, 2.05) is 24.4 Å². The first kappa shape index (κ1) is 7.45. The van der Waals surface area contributed by atoms with Crippen molar-refractivity contribution in [2.75, 3.05) is 0 Å². The molecule has 0 spiro atoms. The third-order valence-electron chi connectivity index (χ3n) is 1.81. The van der Waals surface area contributed by atoms with Crippen LogP contribution >= 0.6 is 15.9 Å². The Morgan fingerprint density at radius 1 is 1.42 bits per heavy atom. The molecule has 2 aromatic rings. The zero-order valence-corrected chi connectivity index (χ0v) is 7.85. The number of hydrogen-bond donors (Lipinski definition) is 1. The molecule has 0 atom stereocenters. The highest BCUT2D eigenvalue weighted by atomic mass is 79.9. The summed E-state index contributed by atoms with van der Waals surface area (Å²) < 4.78 is 1.04. The number of fused-ring (bicyclic) bond motifs is 1. The lowest BCUT2D eigenvalue weighted by Crippen LogP contribution is -1.71. The Kier molecular flexibility index (Phi) is 1.67. The summed E-state index contributed by atoms with van der Waals surface area (Å²) in [6.45, 7) is 0. The van der Waals surface area contributed by atoms with E-state index in [0.29, 0.717) is 0 Å². The summed E-state index contributed by atoms with van der Waals surface area (Å²) in [5.41, 5.74) is 1.97. The van der Waals surface area contributed by atoms with Crippen molar-refractivity contribution in [3.8, 4) is 12.3 Å². The number of nitrogens with one attached hydrogen (secondary N) is 1. The largest absolute Gasteiger partial charge is 0.360 e. The SMILES string of the molecule is C#Cc1c[nH]c2cccc(Br)c12. The van der Waals surface area contributed by atoms with Crippen LogP contribution < -0.4 is 0 Å². The fourth-order valence-electron chi connectivity index (χ4n) is 1.25. The monoisotopic (exact) mass is 219 g/mol. The predicted octanol–water partition coefficient (Wildman–Crippen LogP) is 2.91. The zero-order valence-electron chi connectivity index (χ0n) is 6.26. The van der Waals surface area contributed by atoms with Gasteiger partial charge in [-0.1, -0.05) is 27.9 Å². The van der Waals surface area contributed by atoms with Crippen LogP contribution in [-0.2, 0) is 0 Å². The van der Waals surface area contributed by atoms with E-state index in [-0.39, 0.29) is 0 Å². The summed E-state index contributed by atoms with van der Waals surface area (Å²) >= 11 is 3.45. The van der Waals surface area contributed by atoms with E-state index in [1.54, 1.807) is 0 Å². The molecule has 0 saturated heterocycles. The van der Waals surface area contributed by atoms with E-state index in [2.05, 4.69) is 26.8 Å². The highest BCUT2D eigenvalue weighted by Crippen LogP contribution is 2.25. The minimum absolute atomic E-state index is 0.900. The fraction of sp³-hybridized carbons (Fsp3) is 0. The molecule has 1 aromatic carbocycles. The first-order valence-corrected chi connectivity index (χ1v) is 4.34. The van der Waals surface area contributed by atoms with Crippen molar-refractivity contribution < 1.29 is 0 Å². The number of benzene rings is 1. The quantitative estimate of drug-likeness (QED) is 0.657. The van der Waals surface area contributed by atoms with Crippen molar-refractivity contribution in [3.05, 3.63) is 34.4 Å². The average Bonchev–Trinajstić information content (AvgIpc) is 2.49. The molecule has 1 N–H and O–H groups in total. The normalized spacial score (nSPS) is 10.0. The zero-order chi connectivity index (χ0) is 8.55. The maximum atomic E-state index is 5.34. The highest BCUT2D eigenvalue weighted by Gasteiger charge is 2.03. The lowest BCUT2D eigenvalue weighted by Gasteiger charge is -1.93. The number of aromatic nitrogens is 1. The van der Waals surface area contributed by atoms with Gasteiger partial charge in [-0.05, 0) is 12.1 Å². The van der Waals surface area contributed by atoms with Gasteiger partial charge in [-0.15, -0.1) is 6.42 Å². The lowest BCUT2D eigenvalue weighted by molar-refractivity contribution is 1.47. The Balaban J connectivity index is 2.95. The van der Waals surface area contributed by atoms with Gasteiger partial charge in [0, 0.05) is 21.6 Å². The van der Waals surface area contributed by atoms with Gasteiger partial charge >= 0.3 is 0 Å². The van der Waals surface area contributed by atoms with Crippen molar-refractivity contribution in [1.29, 1.82) is 0 Å². The number of rotatable bonds is 0. The van der Waals surface area contributed by atoms with E-state index in [0.717, 1.165) is 20.9 Å². The maximum absolute atomic E-state index is 5.34. The van der Waals surface area contributed by atoms with Crippen molar-refractivity contribution >= 4 is 26.8 Å². The second-order valence-corrected chi connectivity index (χ2v) is 3.36. The van der Waals surface area contributed by atoms with Gasteiger partial charge in [-0.2, -0.15) is 0 Å². The van der Waals surface area contributed by atoms with E-state index < -0.39 is 0 Å². The molecule has 2 heteroatoms. The summed E-state index contributed by atoms with van der Waals surface area (Å²) in [6.07, 6.45) is 7.18. The third kappa shape index (κ3) is 0.945. The van der Waals surface area contributed by atoms with Crippen molar-refractivity contribution in [2.45, 2.75) is 0 Å². The van der Waals surface area contributed by atoms with Crippen LogP contribution in [0, 0.1) is 12.3 Å². The number of H-pyrrole nitrogens is 1. The predicted molar refractivity (Wildman–Crippen MR) is 53.9 cm³/mol. The number of hydrogen-bond acceptors (Lipinski definition) is 0. The van der Waals surface area contributed by atoms with Crippen molar-refractivity contribution in [1.82, 2.24) is 4.98 Å². The number of terminal acetylenes is 1. The summed E-state index contributed by atoms with van der Waals surface area (Å²) in [5.74, 6) is 2.63. The van der Waals surface area contributed by atoms with Crippen molar-refractivity contribution in [3.63, 3.8) is 0 Å². The minimum atomic E-state index is 0.900.